The molecule has 0 atom stereocenters. The fraction of sp³-hybridized carbons (Fsp3) is 0.143. The molecule has 0 saturated carbocycles. The van der Waals surface area contributed by atoms with Crippen molar-refractivity contribution in [2.75, 3.05) is 0 Å². The van der Waals surface area contributed by atoms with Gasteiger partial charge in [-0.1, -0.05) is 25.1 Å². The van der Waals surface area contributed by atoms with Gasteiger partial charge in [0.25, 0.3) is 0 Å². The van der Waals surface area contributed by atoms with Crippen molar-refractivity contribution in [2.45, 2.75) is 20.3 Å². The van der Waals surface area contributed by atoms with E-state index in [0.29, 0.717) is 5.82 Å². The van der Waals surface area contributed by atoms with Crippen LogP contribution in [0.5, 0.6) is 0 Å². The summed E-state index contributed by atoms with van der Waals surface area (Å²) in [6.07, 6.45) is 0.899. The molecule has 0 bridgehead atoms. The summed E-state index contributed by atoms with van der Waals surface area (Å²) in [7, 11) is 0. The monoisotopic (exact) mass is 331 g/mol. The minimum Gasteiger partial charge on any atom is -0.298 e. The molecule has 2 aromatic heterocycles. The van der Waals surface area contributed by atoms with E-state index in [-0.39, 0.29) is 5.82 Å². The van der Waals surface area contributed by atoms with E-state index in [2.05, 4.69) is 34.7 Å². The van der Waals surface area contributed by atoms with Crippen LogP contribution < -0.4 is 0 Å². The Labute approximate surface area is 145 Å². The average molecular weight is 331 g/mol. The molecule has 0 fully saturated rings. The van der Waals surface area contributed by atoms with E-state index >= 15 is 0 Å². The van der Waals surface area contributed by atoms with Gasteiger partial charge in [0.2, 0.25) is 0 Å². The number of para-hydroxylation sites is 1. The summed E-state index contributed by atoms with van der Waals surface area (Å²) in [6.45, 7) is 4.13. The molecule has 0 aliphatic rings. The molecule has 124 valence electrons. The molecule has 0 aliphatic heterocycles. The molecule has 0 spiro atoms. The summed E-state index contributed by atoms with van der Waals surface area (Å²) < 4.78 is 15.4. The normalized spacial score (nSPS) is 11.2. The minimum atomic E-state index is -0.262. The summed E-state index contributed by atoms with van der Waals surface area (Å²) >= 11 is 0. The molecule has 0 amide bonds. The smallest absolute Gasteiger partial charge is 0.161 e. The zero-order valence-electron chi connectivity index (χ0n) is 14.2. The van der Waals surface area contributed by atoms with Crippen molar-refractivity contribution in [3.8, 4) is 17.1 Å². The van der Waals surface area contributed by atoms with E-state index in [1.165, 1.54) is 17.8 Å². The van der Waals surface area contributed by atoms with Crippen LogP contribution >= 0.6 is 0 Å². The molecule has 0 N–H and O–H groups in total. The van der Waals surface area contributed by atoms with E-state index < -0.39 is 0 Å². The molecule has 2 heterocycles. The highest BCUT2D eigenvalue weighted by Crippen LogP contribution is 2.27. The molecule has 2 aromatic carbocycles. The highest BCUT2D eigenvalue weighted by atomic mass is 19.1. The van der Waals surface area contributed by atoms with Crippen LogP contribution in [0.25, 0.3) is 28.1 Å². The van der Waals surface area contributed by atoms with Gasteiger partial charge in [0.1, 0.15) is 11.5 Å². The Balaban J connectivity index is 1.99. The first-order chi connectivity index (χ1) is 12.2. The first-order valence-corrected chi connectivity index (χ1v) is 8.37. The molecule has 0 aliphatic carbocycles. The Morgan fingerprint density at radius 2 is 1.68 bits per heavy atom. The van der Waals surface area contributed by atoms with E-state index in [1.807, 2.05) is 25.1 Å². The van der Waals surface area contributed by atoms with Gasteiger partial charge in [0.05, 0.1) is 5.69 Å². The number of aryl methyl sites for hydroxylation is 2. The maximum atomic E-state index is 13.2. The number of nitrogens with zero attached hydrogens (tertiary/aromatic N) is 3. The third-order valence-corrected chi connectivity index (χ3v) is 4.41. The lowest BCUT2D eigenvalue weighted by Crippen LogP contribution is -2.01. The third kappa shape index (κ3) is 2.70. The van der Waals surface area contributed by atoms with Crippen LogP contribution in [-0.4, -0.2) is 14.5 Å². The van der Waals surface area contributed by atoms with Crippen LogP contribution in [0.2, 0.25) is 0 Å². The number of hydrogen-bond acceptors (Lipinski definition) is 2. The van der Waals surface area contributed by atoms with Gasteiger partial charge >= 0.3 is 0 Å². The molecule has 0 unspecified atom stereocenters. The Hall–Kier alpha value is -3.01. The Morgan fingerprint density at radius 3 is 2.36 bits per heavy atom. The lowest BCUT2D eigenvalue weighted by Gasteiger charge is -2.10. The van der Waals surface area contributed by atoms with Crippen molar-refractivity contribution >= 4 is 11.0 Å². The summed E-state index contributed by atoms with van der Waals surface area (Å²) in [4.78, 5) is 9.45. The number of rotatable bonds is 3. The van der Waals surface area contributed by atoms with Crippen LogP contribution in [-0.2, 0) is 6.42 Å². The Morgan fingerprint density at radius 1 is 0.960 bits per heavy atom. The minimum absolute atomic E-state index is 0.262. The van der Waals surface area contributed by atoms with Gasteiger partial charge in [-0.25, -0.2) is 14.4 Å². The van der Waals surface area contributed by atoms with Crippen LogP contribution in [0.1, 0.15) is 18.3 Å². The standard InChI is InChI=1S/C21H18FN3/c1-3-17-13-19-14(2)23-20(15-9-11-16(22)12-10-15)24-21(19)25(17)18-7-5-4-6-8-18/h4-13H,3H2,1-2H3. The zero-order chi connectivity index (χ0) is 17.4. The number of halogens is 1. The van der Waals surface area contributed by atoms with Crippen LogP contribution in [0.3, 0.4) is 0 Å². The van der Waals surface area contributed by atoms with Crippen LogP contribution in [0.4, 0.5) is 4.39 Å². The van der Waals surface area contributed by atoms with Gasteiger partial charge < -0.3 is 0 Å². The Bertz CT molecular complexity index is 1030. The van der Waals surface area contributed by atoms with Gasteiger partial charge in [0.15, 0.2) is 5.82 Å². The summed E-state index contributed by atoms with van der Waals surface area (Å²) in [5, 5.41) is 1.05. The number of aromatic nitrogens is 3. The van der Waals surface area contributed by atoms with Crippen molar-refractivity contribution in [1.82, 2.24) is 14.5 Å². The van der Waals surface area contributed by atoms with Crippen molar-refractivity contribution in [2.24, 2.45) is 0 Å². The predicted molar refractivity (Wildman–Crippen MR) is 98.4 cm³/mol. The molecule has 4 aromatic rings. The van der Waals surface area contributed by atoms with Crippen molar-refractivity contribution < 1.29 is 4.39 Å². The van der Waals surface area contributed by atoms with Gasteiger partial charge in [-0.05, 0) is 55.8 Å². The quantitative estimate of drug-likeness (QED) is 0.523. The molecular formula is C21H18FN3. The van der Waals surface area contributed by atoms with Gasteiger partial charge in [-0.2, -0.15) is 0 Å². The lowest BCUT2D eigenvalue weighted by molar-refractivity contribution is 0.628. The topological polar surface area (TPSA) is 30.7 Å². The van der Waals surface area contributed by atoms with Gasteiger partial charge in [-0.15, -0.1) is 0 Å². The van der Waals surface area contributed by atoms with E-state index in [4.69, 9.17) is 4.98 Å². The fourth-order valence-corrected chi connectivity index (χ4v) is 3.13. The Kier molecular flexibility index (Phi) is 3.80. The van der Waals surface area contributed by atoms with Crippen molar-refractivity contribution in [3.63, 3.8) is 0 Å². The highest BCUT2D eigenvalue weighted by Gasteiger charge is 2.15. The molecule has 0 radical (unpaired) electrons. The fourth-order valence-electron chi connectivity index (χ4n) is 3.13. The molecular weight excluding hydrogens is 313 g/mol. The van der Waals surface area contributed by atoms with Gasteiger partial charge in [-0.3, -0.25) is 4.57 Å². The van der Waals surface area contributed by atoms with E-state index in [0.717, 1.165) is 34.4 Å². The second-order valence-corrected chi connectivity index (χ2v) is 6.04. The summed E-state index contributed by atoms with van der Waals surface area (Å²) in [6, 6.07) is 18.7. The first-order valence-electron chi connectivity index (χ1n) is 8.37. The molecule has 4 rings (SSSR count). The number of fused-ring (bicyclic) bond motifs is 1. The van der Waals surface area contributed by atoms with Gasteiger partial charge in [0, 0.05) is 22.3 Å². The first kappa shape index (κ1) is 15.5. The van der Waals surface area contributed by atoms with E-state index in [9.17, 15) is 4.39 Å². The maximum Gasteiger partial charge on any atom is 0.161 e. The third-order valence-electron chi connectivity index (χ3n) is 4.41. The van der Waals surface area contributed by atoms with E-state index in [1.54, 1.807) is 12.1 Å². The average Bonchev–Trinajstić information content (AvgIpc) is 3.02. The second-order valence-electron chi connectivity index (χ2n) is 6.04. The second kappa shape index (κ2) is 6.13. The SMILES string of the molecule is CCc1cc2c(C)nc(-c3ccc(F)cc3)nc2n1-c1ccccc1. The number of hydrogen-bond donors (Lipinski definition) is 0. The summed E-state index contributed by atoms with van der Waals surface area (Å²) in [5.41, 5.74) is 4.89. The lowest BCUT2D eigenvalue weighted by atomic mass is 10.2. The summed E-state index contributed by atoms with van der Waals surface area (Å²) in [5.74, 6) is 0.352. The number of benzene rings is 2. The molecule has 4 heteroatoms. The molecule has 3 nitrogen and oxygen atoms in total. The zero-order valence-corrected chi connectivity index (χ0v) is 14.2. The molecule has 0 saturated heterocycles. The van der Waals surface area contributed by atoms with Crippen LogP contribution in [0.15, 0.2) is 60.7 Å². The highest BCUT2D eigenvalue weighted by molar-refractivity contribution is 5.83. The van der Waals surface area contributed by atoms with Crippen molar-refractivity contribution in [3.05, 3.63) is 77.9 Å². The predicted octanol–water partition coefficient (Wildman–Crippen LogP) is 5.10. The largest absolute Gasteiger partial charge is 0.298 e. The molecule has 25 heavy (non-hydrogen) atoms. The van der Waals surface area contributed by atoms with Crippen molar-refractivity contribution in [1.29, 1.82) is 0 Å². The van der Waals surface area contributed by atoms with Crippen LogP contribution in [0, 0.1) is 12.7 Å². The maximum absolute atomic E-state index is 13.2.